The SMILES string of the molecule is O=C(CN1CCN(CCOC(c2ccccc2)c2ccccc2)CC1)N1CCOCC1.O=C(O)/C=C\C(=O)O.O=C(O)/C=C\C(=O)O.O=C(O)/C=C\C(=O)O. The van der Waals surface area contributed by atoms with E-state index in [1.165, 1.54) is 11.1 Å². The fourth-order valence-corrected chi connectivity index (χ4v) is 4.64. The van der Waals surface area contributed by atoms with E-state index in [1.54, 1.807) is 0 Å². The first kappa shape index (κ1) is 46.8. The molecule has 0 saturated carbocycles. The summed E-state index contributed by atoms with van der Waals surface area (Å²) in [5.41, 5.74) is 2.36. The number of ether oxygens (including phenoxy) is 2. The number of nitrogens with zero attached hydrogens (tertiary/aromatic N) is 3. The molecule has 4 rings (SSSR count). The van der Waals surface area contributed by atoms with Crippen LogP contribution in [0.4, 0.5) is 0 Å². The van der Waals surface area contributed by atoms with Crippen LogP contribution in [0.2, 0.25) is 0 Å². The van der Waals surface area contributed by atoms with Crippen molar-refractivity contribution in [3.8, 4) is 0 Å². The first-order valence-corrected chi connectivity index (χ1v) is 16.6. The van der Waals surface area contributed by atoms with E-state index in [2.05, 4.69) is 58.3 Å². The molecular formula is C37H45N3O15. The summed E-state index contributed by atoms with van der Waals surface area (Å²) in [7, 11) is 0. The van der Waals surface area contributed by atoms with Crippen LogP contribution >= 0.6 is 0 Å². The molecule has 2 aliphatic heterocycles. The molecule has 55 heavy (non-hydrogen) atoms. The van der Waals surface area contributed by atoms with Gasteiger partial charge in [0.25, 0.3) is 0 Å². The van der Waals surface area contributed by atoms with Crippen LogP contribution in [0.25, 0.3) is 0 Å². The molecule has 2 saturated heterocycles. The van der Waals surface area contributed by atoms with Gasteiger partial charge in [0, 0.05) is 82.3 Å². The number of aliphatic carboxylic acids is 6. The lowest BCUT2D eigenvalue weighted by Gasteiger charge is -2.36. The molecule has 2 aromatic rings. The van der Waals surface area contributed by atoms with Crippen molar-refractivity contribution in [3.63, 3.8) is 0 Å². The summed E-state index contributed by atoms with van der Waals surface area (Å²) in [5.74, 6) is -7.31. The average Bonchev–Trinajstić information content (AvgIpc) is 3.16. The molecule has 2 heterocycles. The maximum atomic E-state index is 12.5. The average molecular weight is 772 g/mol. The highest BCUT2D eigenvalue weighted by molar-refractivity contribution is 5.90. The Bertz CT molecular complexity index is 1430. The fourth-order valence-electron chi connectivity index (χ4n) is 4.64. The number of piperazine rings is 1. The third kappa shape index (κ3) is 23.9. The van der Waals surface area contributed by atoms with E-state index in [4.69, 9.17) is 40.1 Å². The zero-order chi connectivity index (χ0) is 41.0. The predicted molar refractivity (Wildman–Crippen MR) is 194 cm³/mol. The van der Waals surface area contributed by atoms with Gasteiger partial charge < -0.3 is 45.0 Å². The van der Waals surface area contributed by atoms with Gasteiger partial charge >= 0.3 is 35.8 Å². The summed E-state index contributed by atoms with van der Waals surface area (Å²) < 4.78 is 11.7. The Morgan fingerprint density at radius 1 is 0.545 bits per heavy atom. The molecule has 0 atom stereocenters. The number of amides is 1. The molecule has 0 spiro atoms. The van der Waals surface area contributed by atoms with Crippen LogP contribution in [-0.4, -0.2) is 159 Å². The number of carboxylic acids is 6. The molecule has 0 aliphatic carbocycles. The Morgan fingerprint density at radius 3 is 1.24 bits per heavy atom. The van der Waals surface area contributed by atoms with E-state index in [0.717, 1.165) is 45.8 Å². The number of benzene rings is 2. The van der Waals surface area contributed by atoms with Gasteiger partial charge in [-0.05, 0) is 11.1 Å². The van der Waals surface area contributed by atoms with Crippen molar-refractivity contribution in [2.75, 3.05) is 72.2 Å². The lowest BCUT2D eigenvalue weighted by Crippen LogP contribution is -2.51. The summed E-state index contributed by atoms with van der Waals surface area (Å²) in [6.45, 7) is 8.67. The van der Waals surface area contributed by atoms with Gasteiger partial charge in [0.1, 0.15) is 6.10 Å². The molecule has 2 aliphatic rings. The fraction of sp³-hybridized carbons (Fsp3) is 0.324. The van der Waals surface area contributed by atoms with E-state index in [0.29, 0.717) is 62.8 Å². The van der Waals surface area contributed by atoms with Crippen LogP contribution < -0.4 is 0 Å². The molecule has 1 amide bonds. The Balaban J connectivity index is 0.000000512. The predicted octanol–water partition coefficient (Wildman–Crippen LogP) is 1.40. The molecule has 0 unspecified atom stereocenters. The highest BCUT2D eigenvalue weighted by Gasteiger charge is 2.23. The van der Waals surface area contributed by atoms with Crippen LogP contribution in [0.15, 0.2) is 97.1 Å². The zero-order valence-corrected chi connectivity index (χ0v) is 29.8. The Morgan fingerprint density at radius 2 is 0.891 bits per heavy atom. The first-order valence-electron chi connectivity index (χ1n) is 16.6. The summed E-state index contributed by atoms with van der Waals surface area (Å²) in [4.78, 5) is 76.4. The lowest BCUT2D eigenvalue weighted by molar-refractivity contribution is -0.137. The zero-order valence-electron chi connectivity index (χ0n) is 29.8. The minimum absolute atomic E-state index is 0.0465. The van der Waals surface area contributed by atoms with E-state index in [9.17, 15) is 33.6 Å². The van der Waals surface area contributed by atoms with Crippen LogP contribution in [0.1, 0.15) is 17.2 Å². The molecule has 6 N–H and O–H groups in total. The van der Waals surface area contributed by atoms with Crippen molar-refractivity contribution < 1.29 is 73.7 Å². The van der Waals surface area contributed by atoms with Crippen LogP contribution in [0.3, 0.4) is 0 Å². The largest absolute Gasteiger partial charge is 0.478 e. The minimum atomic E-state index is -1.26. The number of rotatable bonds is 14. The van der Waals surface area contributed by atoms with Gasteiger partial charge in [0.15, 0.2) is 0 Å². The summed E-state index contributed by atoms with van der Waals surface area (Å²) >= 11 is 0. The van der Waals surface area contributed by atoms with Crippen molar-refractivity contribution in [2.45, 2.75) is 6.10 Å². The van der Waals surface area contributed by atoms with E-state index < -0.39 is 35.8 Å². The van der Waals surface area contributed by atoms with Crippen molar-refractivity contribution in [2.24, 2.45) is 0 Å². The molecule has 2 fully saturated rings. The van der Waals surface area contributed by atoms with Crippen molar-refractivity contribution in [3.05, 3.63) is 108 Å². The number of carboxylic acid groups (broad SMARTS) is 6. The maximum Gasteiger partial charge on any atom is 0.328 e. The maximum absolute atomic E-state index is 12.5. The highest BCUT2D eigenvalue weighted by Crippen LogP contribution is 2.25. The van der Waals surface area contributed by atoms with Gasteiger partial charge in [-0.15, -0.1) is 0 Å². The normalized spacial score (nSPS) is 14.5. The Hall–Kier alpha value is -6.21. The van der Waals surface area contributed by atoms with Crippen molar-refractivity contribution in [1.29, 1.82) is 0 Å². The smallest absolute Gasteiger partial charge is 0.328 e. The molecule has 298 valence electrons. The second kappa shape index (κ2) is 27.4. The summed E-state index contributed by atoms with van der Waals surface area (Å²) in [5, 5.41) is 46.9. The minimum Gasteiger partial charge on any atom is -0.478 e. The standard InChI is InChI=1S/C25H33N3O3.3C4H4O4/c29-24(28-16-18-30-19-17-28)21-27-13-11-26(12-14-27)15-20-31-25(22-7-3-1-4-8-22)23-9-5-2-6-10-23;3*5-3(6)1-2-4(7)8/h1-10,25H,11-21H2;3*1-2H,(H,5,6)(H,7,8)/b;3*2-1-. The molecule has 0 radical (unpaired) electrons. The Kier molecular flexibility index (Phi) is 23.3. The van der Waals surface area contributed by atoms with E-state index in [1.807, 2.05) is 17.0 Å². The van der Waals surface area contributed by atoms with E-state index in [-0.39, 0.29) is 12.0 Å². The number of carbonyl (C=O) groups excluding carboxylic acids is 1. The first-order chi connectivity index (χ1) is 26.2. The Labute approximate surface area is 316 Å². The third-order valence-corrected chi connectivity index (χ3v) is 7.19. The van der Waals surface area contributed by atoms with Crippen LogP contribution in [-0.2, 0) is 43.0 Å². The third-order valence-electron chi connectivity index (χ3n) is 7.19. The monoisotopic (exact) mass is 771 g/mol. The second-order valence-electron chi connectivity index (χ2n) is 11.2. The van der Waals surface area contributed by atoms with Gasteiger partial charge in [0.2, 0.25) is 5.91 Å². The second-order valence-corrected chi connectivity index (χ2v) is 11.2. The quantitative estimate of drug-likeness (QED) is 0.148. The van der Waals surface area contributed by atoms with E-state index >= 15 is 0 Å². The molecule has 18 heteroatoms. The van der Waals surface area contributed by atoms with Gasteiger partial charge in [-0.1, -0.05) is 60.7 Å². The van der Waals surface area contributed by atoms with Crippen molar-refractivity contribution >= 4 is 41.7 Å². The highest BCUT2D eigenvalue weighted by atomic mass is 16.5. The number of hydrogen-bond acceptors (Lipinski definition) is 11. The molecular weight excluding hydrogens is 726 g/mol. The van der Waals surface area contributed by atoms with Crippen LogP contribution in [0, 0.1) is 0 Å². The lowest BCUT2D eigenvalue weighted by atomic mass is 10.0. The topological polar surface area (TPSA) is 269 Å². The summed E-state index contributed by atoms with van der Waals surface area (Å²) in [6.07, 6.45) is 3.30. The molecule has 0 aromatic heterocycles. The van der Waals surface area contributed by atoms with Crippen LogP contribution in [0.5, 0.6) is 0 Å². The number of morpholine rings is 1. The van der Waals surface area contributed by atoms with Gasteiger partial charge in [-0.3, -0.25) is 14.6 Å². The number of carbonyl (C=O) groups is 7. The van der Waals surface area contributed by atoms with Gasteiger partial charge in [-0.2, -0.15) is 0 Å². The summed E-state index contributed by atoms with van der Waals surface area (Å²) in [6, 6.07) is 20.8. The molecule has 18 nitrogen and oxygen atoms in total. The molecule has 0 bridgehead atoms. The van der Waals surface area contributed by atoms with Gasteiger partial charge in [0.05, 0.1) is 26.4 Å². The molecule has 2 aromatic carbocycles. The number of hydrogen-bond donors (Lipinski definition) is 6. The van der Waals surface area contributed by atoms with Gasteiger partial charge in [-0.25, -0.2) is 28.8 Å². The van der Waals surface area contributed by atoms with Crippen molar-refractivity contribution in [1.82, 2.24) is 14.7 Å².